The number of halogens is 3. The highest BCUT2D eigenvalue weighted by molar-refractivity contribution is 6.12. The molecule has 0 aromatic rings. The van der Waals surface area contributed by atoms with E-state index in [0.717, 1.165) is 0 Å². The predicted octanol–water partition coefficient (Wildman–Crippen LogP) is -5.95. The monoisotopic (exact) mass is 264 g/mol. The molecule has 0 amide bonds. The van der Waals surface area contributed by atoms with E-state index in [-0.39, 0.29) is 0 Å². The average Bonchev–Trinajstić information content (AvgIpc) is 1.84. The Kier molecular flexibility index (Phi) is 20.5. The highest BCUT2D eigenvalue weighted by Gasteiger charge is 1.79. The summed E-state index contributed by atoms with van der Waals surface area (Å²) in [5.41, 5.74) is 0. The van der Waals surface area contributed by atoms with Gasteiger partial charge in [0.1, 0.15) is 0 Å². The second-order valence-electron chi connectivity index (χ2n) is 0.744. The normalized spacial score (nSPS) is 8.08. The highest BCUT2D eigenvalue weighted by Crippen LogP contribution is 1.56. The van der Waals surface area contributed by atoms with Crippen LogP contribution >= 0.6 is 11.8 Å². The molecule has 0 heterocycles. The molecule has 0 aliphatic heterocycles. The second-order valence-corrected chi connectivity index (χ2v) is 1.72. The van der Waals surface area contributed by atoms with Crippen molar-refractivity contribution < 1.29 is 54.6 Å². The Hall–Kier alpha value is -0.170. The van der Waals surface area contributed by atoms with Crippen LogP contribution in [0.5, 0.6) is 0 Å². The molecule has 0 aromatic heterocycles. The summed E-state index contributed by atoms with van der Waals surface area (Å²) in [5, 5.41) is 8.07. The van der Waals surface area contributed by atoms with Gasteiger partial charge in [0.25, 0.3) is 21.6 Å². The van der Waals surface area contributed by atoms with Gasteiger partial charge in [0.15, 0.2) is 5.03 Å². The van der Waals surface area contributed by atoms with Crippen molar-refractivity contribution in [3.05, 3.63) is 10.1 Å². The Labute approximate surface area is 82.0 Å². The molecule has 0 aliphatic carbocycles. The fraction of sp³-hybridized carbons (Fsp3) is 0. The Balaban J connectivity index is -0.000000117. The van der Waals surface area contributed by atoms with Gasteiger partial charge in [0, 0.05) is 9.32 Å². The molecule has 0 unspecified atom stereocenters. The lowest BCUT2D eigenvalue weighted by atomic mass is 12.7. The number of nitrogens with zero attached hydrogens (tertiary/aromatic N) is 1. The number of rotatable bonds is 1. The minimum absolute atomic E-state index is 0.860. The molecule has 0 aromatic carbocycles. The summed E-state index contributed by atoms with van der Waals surface area (Å²) in [6, 6.07) is 0. The highest BCUT2D eigenvalue weighted by atomic mass is 35.6. The van der Waals surface area contributed by atoms with Crippen molar-refractivity contribution in [3.63, 3.8) is 0 Å². The van der Waals surface area contributed by atoms with Gasteiger partial charge in [-0.25, -0.2) is 10.1 Å². The maximum absolute atomic E-state index is 8.93. The molecule has 0 fully saturated rings. The lowest BCUT2D eigenvalue weighted by Gasteiger charge is -1.72. The van der Waals surface area contributed by atoms with Crippen LogP contribution in [0.3, 0.4) is 0 Å². The lowest BCUT2D eigenvalue weighted by Crippen LogP contribution is -2.30. The van der Waals surface area contributed by atoms with Gasteiger partial charge < -0.3 is 18.6 Å². The van der Waals surface area contributed by atoms with Gasteiger partial charge in [0.2, 0.25) is 0 Å². The Morgan fingerprint density at radius 3 is 1.23 bits per heavy atom. The fourth-order valence-corrected chi connectivity index (χ4v) is 0. The molecule has 0 bridgehead atoms. The molecule has 0 saturated heterocycles. The van der Waals surface area contributed by atoms with Crippen molar-refractivity contribution in [2.75, 3.05) is 0 Å². The van der Waals surface area contributed by atoms with Crippen LogP contribution in [-0.2, 0) is 0 Å². The molecule has 0 spiro atoms. The second kappa shape index (κ2) is 14.4. The van der Waals surface area contributed by atoms with Gasteiger partial charge in [-0.3, -0.25) is 0 Å². The largest absolute Gasteiger partial charge is 0.321 e. The van der Waals surface area contributed by atoms with Crippen LogP contribution in [0, 0.1) is 31.7 Å². The number of hydrazine groups is 1. The molecule has 0 atom stereocenters. The molecular weight excluding hydrogens is 262 g/mol. The number of hydrogen-bond acceptors (Lipinski definition) is 8. The third-order valence-electron chi connectivity index (χ3n) is 0.0690. The third kappa shape index (κ3) is 341. The van der Waals surface area contributed by atoms with E-state index in [9.17, 15) is 0 Å². The van der Waals surface area contributed by atoms with Crippen molar-refractivity contribution in [3.8, 4) is 0 Å². The van der Waals surface area contributed by atoms with Crippen molar-refractivity contribution in [1.82, 2.24) is 4.94 Å². The van der Waals surface area contributed by atoms with Crippen molar-refractivity contribution >= 4 is 11.8 Å². The van der Waals surface area contributed by atoms with Gasteiger partial charge in [-0.15, -0.1) is 0 Å². The van der Waals surface area contributed by atoms with Gasteiger partial charge in [-0.05, 0) is 4.94 Å². The zero-order valence-electron chi connectivity index (χ0n) is 5.43. The minimum Gasteiger partial charge on any atom is -0.321 e. The molecule has 0 radical (unpaired) electrons. The van der Waals surface area contributed by atoms with Crippen LogP contribution in [0.15, 0.2) is 0 Å². The molecule has 0 saturated carbocycles. The average molecular weight is 265 g/mol. The molecule has 0 rings (SSSR count). The summed E-state index contributed by atoms with van der Waals surface area (Å²) >= 11 is 4.39. The molecule has 0 aliphatic rings. The summed E-state index contributed by atoms with van der Waals surface area (Å²) in [5.74, 6) is 0. The van der Waals surface area contributed by atoms with Gasteiger partial charge in [-0.1, -0.05) is 0 Å². The van der Waals surface area contributed by atoms with Gasteiger partial charge >= 0.3 is 0 Å². The van der Waals surface area contributed by atoms with Crippen LogP contribution in [0.1, 0.15) is 0 Å². The maximum Gasteiger partial charge on any atom is 0.282 e. The van der Waals surface area contributed by atoms with Crippen molar-refractivity contribution in [2.24, 2.45) is 0 Å². The molecule has 10 nitrogen and oxygen atoms in total. The van der Waals surface area contributed by atoms with Crippen LogP contribution in [-0.4, -0.2) is 14.4 Å². The molecule has 82 valence electrons. The van der Waals surface area contributed by atoms with Gasteiger partial charge in [-0.2, -0.15) is 0 Å². The fourth-order valence-electron chi connectivity index (χ4n) is 0. The Bertz CT molecular complexity index is 94.1. The number of nitrogens with one attached hydrogen (secondary N) is 1. The van der Waals surface area contributed by atoms with E-state index in [1.807, 2.05) is 0 Å². The summed E-state index contributed by atoms with van der Waals surface area (Å²) in [4.78, 5) is 10.2. The topological polar surface area (TPSA) is 188 Å². The zero-order valence-corrected chi connectivity index (χ0v) is 7.69. The number of nitro groups is 1. The van der Waals surface area contributed by atoms with Crippen LogP contribution in [0.4, 0.5) is 0 Å². The molecule has 13 heavy (non-hydrogen) atoms. The third-order valence-corrected chi connectivity index (χ3v) is 0.207. The predicted molar refractivity (Wildman–Crippen MR) is 20.4 cm³/mol. The van der Waals surface area contributed by atoms with Crippen LogP contribution in [0.2, 0.25) is 0 Å². The van der Waals surface area contributed by atoms with E-state index >= 15 is 0 Å². The Morgan fingerprint density at radius 1 is 1.15 bits per heavy atom. The van der Waals surface area contributed by atoms with E-state index in [1.54, 1.807) is 0 Å². The molecule has 13 heteroatoms. The summed E-state index contributed by atoms with van der Waals surface area (Å²) in [6.07, 6.45) is 0. The molecule has 3 N–H and O–H groups in total. The van der Waals surface area contributed by atoms with E-state index in [4.69, 9.17) is 38.1 Å². The summed E-state index contributed by atoms with van der Waals surface area (Å²) in [7, 11) is -5.20. The lowest BCUT2D eigenvalue weighted by molar-refractivity contribution is -1.63. The maximum atomic E-state index is 8.93. The first-order chi connectivity index (χ1) is 5.73. The number of hydrogen-bond donors (Lipinski definition) is 3. The van der Waals surface area contributed by atoms with Crippen LogP contribution < -0.4 is 23.6 Å². The van der Waals surface area contributed by atoms with Gasteiger partial charge in [0.05, 0.1) is 11.8 Å². The van der Waals surface area contributed by atoms with E-state index < -0.39 is 26.6 Å². The van der Waals surface area contributed by atoms with E-state index in [0.29, 0.717) is 0 Å². The molecular formula is H3Cl3N2O8. The summed E-state index contributed by atoms with van der Waals surface area (Å²) < 4.78 is 47.9. The first-order valence-electron chi connectivity index (χ1n) is 1.73. The first kappa shape index (κ1) is 18.6. The van der Waals surface area contributed by atoms with E-state index in [1.165, 1.54) is 4.94 Å². The smallest absolute Gasteiger partial charge is 0.282 e. The SMILES string of the molecule is O=[N+]([O-])NCl.[O-][Cl+2]([O-])O.[O-][Cl+2]([O-])O. The van der Waals surface area contributed by atoms with Crippen molar-refractivity contribution in [2.45, 2.75) is 0 Å². The van der Waals surface area contributed by atoms with E-state index in [2.05, 4.69) is 11.8 Å². The standard InChI is InChI=1S/ClHN2O2.2ClHO3/c1-2-3(4)5;2*2-1(3)4/h2H;2*2H. The minimum atomic E-state index is -2.60. The first-order valence-corrected chi connectivity index (χ1v) is 4.02. The quantitative estimate of drug-likeness (QED) is 0.235. The zero-order chi connectivity index (χ0) is 11.4. The Morgan fingerprint density at radius 2 is 1.23 bits per heavy atom. The van der Waals surface area contributed by atoms with Crippen molar-refractivity contribution in [1.29, 1.82) is 0 Å². The summed E-state index contributed by atoms with van der Waals surface area (Å²) in [6.45, 7) is 0. The van der Waals surface area contributed by atoms with Crippen LogP contribution in [0.25, 0.3) is 0 Å².